The highest BCUT2D eigenvalue weighted by atomic mass is 16.5. The molecule has 0 bridgehead atoms. The van der Waals surface area contributed by atoms with Gasteiger partial charge in [-0.25, -0.2) is 0 Å². The maximum atomic E-state index is 12.1. The van der Waals surface area contributed by atoms with Crippen molar-refractivity contribution in [1.29, 1.82) is 0 Å². The van der Waals surface area contributed by atoms with E-state index < -0.39 is 0 Å². The SMILES string of the molecule is O=C(Cc1noc2ccccc12)NCCNc1cc(N2CCCC2)cnn1. The molecule has 3 aromatic rings. The van der Waals surface area contributed by atoms with E-state index in [0.29, 0.717) is 24.4 Å². The van der Waals surface area contributed by atoms with Gasteiger partial charge in [-0.1, -0.05) is 17.3 Å². The first-order valence-electron chi connectivity index (χ1n) is 9.21. The van der Waals surface area contributed by atoms with Crippen LogP contribution in [0.3, 0.4) is 0 Å². The van der Waals surface area contributed by atoms with E-state index in [-0.39, 0.29) is 12.3 Å². The molecule has 0 radical (unpaired) electrons. The van der Waals surface area contributed by atoms with Crippen LogP contribution >= 0.6 is 0 Å². The zero-order valence-corrected chi connectivity index (χ0v) is 15.0. The zero-order chi connectivity index (χ0) is 18.5. The molecule has 0 atom stereocenters. The summed E-state index contributed by atoms with van der Waals surface area (Å²) in [5.41, 5.74) is 2.44. The van der Waals surface area contributed by atoms with Gasteiger partial charge >= 0.3 is 0 Å². The van der Waals surface area contributed by atoms with Crippen molar-refractivity contribution in [2.75, 3.05) is 36.4 Å². The van der Waals surface area contributed by atoms with Crippen LogP contribution in [0.1, 0.15) is 18.5 Å². The fraction of sp³-hybridized carbons (Fsp3) is 0.368. The molecule has 1 amide bonds. The summed E-state index contributed by atoms with van der Waals surface area (Å²) in [6.07, 6.45) is 4.43. The number of nitrogens with zero attached hydrogens (tertiary/aromatic N) is 4. The Morgan fingerprint density at radius 2 is 2.04 bits per heavy atom. The highest BCUT2D eigenvalue weighted by Crippen LogP contribution is 2.20. The van der Waals surface area contributed by atoms with Crippen molar-refractivity contribution in [3.8, 4) is 0 Å². The lowest BCUT2D eigenvalue weighted by molar-refractivity contribution is -0.120. The number of hydrogen-bond donors (Lipinski definition) is 2. The van der Waals surface area contributed by atoms with Gasteiger partial charge in [0.05, 0.1) is 18.3 Å². The first-order chi connectivity index (χ1) is 13.3. The highest BCUT2D eigenvalue weighted by Gasteiger charge is 2.14. The Morgan fingerprint density at radius 1 is 1.19 bits per heavy atom. The van der Waals surface area contributed by atoms with E-state index in [2.05, 4.69) is 30.9 Å². The molecule has 0 spiro atoms. The number of anilines is 2. The number of aromatic nitrogens is 3. The Bertz CT molecular complexity index is 919. The van der Waals surface area contributed by atoms with Gasteiger partial charge in [0, 0.05) is 37.6 Å². The molecule has 0 unspecified atom stereocenters. The Labute approximate surface area is 156 Å². The molecule has 4 rings (SSSR count). The molecule has 8 nitrogen and oxygen atoms in total. The normalized spacial score (nSPS) is 13.9. The maximum Gasteiger partial charge on any atom is 0.226 e. The molecule has 27 heavy (non-hydrogen) atoms. The smallest absolute Gasteiger partial charge is 0.226 e. The van der Waals surface area contributed by atoms with Crippen LogP contribution in [-0.4, -0.2) is 47.4 Å². The standard InChI is InChI=1S/C19H22N6O2/c26-19(12-16-15-5-1-2-6-17(15)27-24-16)21-8-7-20-18-11-14(13-22-23-18)25-9-3-4-10-25/h1-2,5-6,11,13H,3-4,7-10,12H2,(H,20,23)(H,21,26). The van der Waals surface area contributed by atoms with E-state index in [4.69, 9.17) is 4.52 Å². The average molecular weight is 366 g/mol. The van der Waals surface area contributed by atoms with Crippen LogP contribution < -0.4 is 15.5 Å². The predicted octanol–water partition coefficient (Wildman–Crippen LogP) is 1.99. The number of para-hydroxylation sites is 1. The van der Waals surface area contributed by atoms with Crippen molar-refractivity contribution >= 4 is 28.4 Å². The third-order valence-corrected chi connectivity index (χ3v) is 4.64. The molecule has 3 heterocycles. The van der Waals surface area contributed by atoms with Crippen LogP contribution in [0.5, 0.6) is 0 Å². The van der Waals surface area contributed by atoms with Gasteiger partial charge in [-0.3, -0.25) is 4.79 Å². The van der Waals surface area contributed by atoms with E-state index in [1.54, 1.807) is 6.20 Å². The number of nitrogens with one attached hydrogen (secondary N) is 2. The Balaban J connectivity index is 1.24. The van der Waals surface area contributed by atoms with Gasteiger partial charge in [0.25, 0.3) is 0 Å². The lowest BCUT2D eigenvalue weighted by Gasteiger charge is -2.17. The lowest BCUT2D eigenvalue weighted by atomic mass is 10.1. The van der Waals surface area contributed by atoms with Gasteiger partial charge in [0.1, 0.15) is 5.69 Å². The molecule has 1 aromatic carbocycles. The monoisotopic (exact) mass is 366 g/mol. The minimum absolute atomic E-state index is 0.0900. The summed E-state index contributed by atoms with van der Waals surface area (Å²) in [5.74, 6) is 0.629. The minimum Gasteiger partial charge on any atom is -0.370 e. The van der Waals surface area contributed by atoms with Gasteiger partial charge < -0.3 is 20.1 Å². The molecule has 140 valence electrons. The third kappa shape index (κ3) is 4.16. The number of benzene rings is 1. The van der Waals surface area contributed by atoms with Crippen LogP contribution in [0.15, 0.2) is 41.1 Å². The van der Waals surface area contributed by atoms with E-state index >= 15 is 0 Å². The summed E-state index contributed by atoms with van der Waals surface area (Å²) < 4.78 is 5.23. The predicted molar refractivity (Wildman–Crippen MR) is 103 cm³/mol. The molecule has 1 saturated heterocycles. The van der Waals surface area contributed by atoms with Gasteiger partial charge in [0.15, 0.2) is 11.4 Å². The number of hydrogen-bond acceptors (Lipinski definition) is 7. The maximum absolute atomic E-state index is 12.1. The average Bonchev–Trinajstić information content (AvgIpc) is 3.36. The van der Waals surface area contributed by atoms with Gasteiger partial charge in [-0.05, 0) is 25.0 Å². The fourth-order valence-electron chi connectivity index (χ4n) is 3.26. The van der Waals surface area contributed by atoms with Gasteiger partial charge in [0.2, 0.25) is 5.91 Å². The first kappa shape index (κ1) is 17.3. The fourth-order valence-corrected chi connectivity index (χ4v) is 3.26. The molecule has 8 heteroatoms. The molecule has 2 aromatic heterocycles. The number of carbonyl (C=O) groups excluding carboxylic acids is 1. The van der Waals surface area contributed by atoms with Crippen molar-refractivity contribution in [3.63, 3.8) is 0 Å². The minimum atomic E-state index is -0.0900. The Morgan fingerprint density at radius 3 is 2.93 bits per heavy atom. The number of carbonyl (C=O) groups is 1. The lowest BCUT2D eigenvalue weighted by Crippen LogP contribution is -2.30. The summed E-state index contributed by atoms with van der Waals surface area (Å²) in [6, 6.07) is 9.53. The largest absolute Gasteiger partial charge is 0.370 e. The van der Waals surface area contributed by atoms with Gasteiger partial charge in [-0.2, -0.15) is 5.10 Å². The molecular weight excluding hydrogens is 344 g/mol. The molecule has 2 N–H and O–H groups in total. The molecule has 0 aliphatic carbocycles. The van der Waals surface area contributed by atoms with E-state index in [1.807, 2.05) is 30.3 Å². The molecule has 1 aliphatic rings. The number of rotatable bonds is 7. The first-order valence-corrected chi connectivity index (χ1v) is 9.21. The summed E-state index contributed by atoms with van der Waals surface area (Å²) in [5, 5.41) is 19.1. The number of amides is 1. The second kappa shape index (κ2) is 8.03. The molecule has 1 fully saturated rings. The van der Waals surface area contributed by atoms with Crippen molar-refractivity contribution in [2.24, 2.45) is 0 Å². The van der Waals surface area contributed by atoms with Crippen LogP contribution in [0.4, 0.5) is 11.5 Å². The third-order valence-electron chi connectivity index (χ3n) is 4.64. The summed E-state index contributed by atoms with van der Waals surface area (Å²) >= 11 is 0. The summed E-state index contributed by atoms with van der Waals surface area (Å²) in [6.45, 7) is 3.20. The Kier molecular flexibility index (Phi) is 5.13. The van der Waals surface area contributed by atoms with Crippen molar-refractivity contribution in [2.45, 2.75) is 19.3 Å². The zero-order valence-electron chi connectivity index (χ0n) is 15.0. The highest BCUT2D eigenvalue weighted by molar-refractivity contribution is 5.86. The summed E-state index contributed by atoms with van der Waals surface area (Å²) in [7, 11) is 0. The van der Waals surface area contributed by atoms with Crippen LogP contribution in [0.2, 0.25) is 0 Å². The van der Waals surface area contributed by atoms with Crippen molar-refractivity contribution in [3.05, 3.63) is 42.2 Å². The van der Waals surface area contributed by atoms with E-state index in [9.17, 15) is 4.79 Å². The topological polar surface area (TPSA) is 96.2 Å². The second-order valence-corrected chi connectivity index (χ2v) is 6.57. The van der Waals surface area contributed by atoms with Crippen LogP contribution in [0.25, 0.3) is 11.0 Å². The van der Waals surface area contributed by atoms with Crippen molar-refractivity contribution < 1.29 is 9.32 Å². The van der Waals surface area contributed by atoms with Crippen LogP contribution in [0, 0.1) is 0 Å². The second-order valence-electron chi connectivity index (χ2n) is 6.57. The number of fused-ring (bicyclic) bond motifs is 1. The molecule has 1 aliphatic heterocycles. The van der Waals surface area contributed by atoms with Crippen LogP contribution in [-0.2, 0) is 11.2 Å². The molecule has 0 saturated carbocycles. The molecular formula is C19H22N6O2. The van der Waals surface area contributed by atoms with E-state index in [0.717, 1.165) is 30.0 Å². The van der Waals surface area contributed by atoms with Crippen molar-refractivity contribution in [1.82, 2.24) is 20.7 Å². The summed E-state index contributed by atoms with van der Waals surface area (Å²) in [4.78, 5) is 14.4. The van der Waals surface area contributed by atoms with Gasteiger partial charge in [-0.15, -0.1) is 5.10 Å². The van der Waals surface area contributed by atoms with E-state index in [1.165, 1.54) is 12.8 Å². The quantitative estimate of drug-likeness (QED) is 0.617. The Hall–Kier alpha value is -3.16.